The number of carbonyl (C=O) groups excluding carboxylic acids is 1. The summed E-state index contributed by atoms with van der Waals surface area (Å²) in [5.41, 5.74) is 0.469. The average Bonchev–Trinajstić information content (AvgIpc) is 2.92. The molecule has 0 saturated carbocycles. The highest BCUT2D eigenvalue weighted by Gasteiger charge is 2.27. The van der Waals surface area contributed by atoms with Gasteiger partial charge in [-0.1, -0.05) is 19.9 Å². The molecule has 1 aromatic carbocycles. The van der Waals surface area contributed by atoms with Gasteiger partial charge in [0.1, 0.15) is 17.8 Å². The van der Waals surface area contributed by atoms with Gasteiger partial charge in [0.05, 0.1) is 52.2 Å². The Kier molecular flexibility index (Phi) is 21.1. The van der Waals surface area contributed by atoms with E-state index < -0.39 is 4.93 Å². The van der Waals surface area contributed by atoms with Gasteiger partial charge < -0.3 is 39.1 Å². The molecule has 0 saturated heterocycles. The highest BCUT2D eigenvalue weighted by molar-refractivity contribution is 8.04. The molecular weight excluding hydrogens is 542 g/mol. The number of ether oxygens (including phenoxy) is 6. The Morgan fingerprint density at radius 3 is 2.38 bits per heavy atom. The first-order valence-corrected chi connectivity index (χ1v) is 15.4. The number of thioether (sulfide) groups is 2. The second-order valence-electron chi connectivity index (χ2n) is 8.86. The van der Waals surface area contributed by atoms with Gasteiger partial charge in [-0.2, -0.15) is 5.26 Å². The predicted molar refractivity (Wildman–Crippen MR) is 156 cm³/mol. The molecule has 0 heterocycles. The Bertz CT molecular complexity index is 814. The van der Waals surface area contributed by atoms with Crippen molar-refractivity contribution in [3.63, 3.8) is 0 Å². The lowest BCUT2D eigenvalue weighted by atomic mass is 10.2. The van der Waals surface area contributed by atoms with Gasteiger partial charge in [-0.3, -0.25) is 4.79 Å². The summed E-state index contributed by atoms with van der Waals surface area (Å²) in [5.74, 6) is 0.877. The van der Waals surface area contributed by atoms with Gasteiger partial charge in [0.25, 0.3) is 5.91 Å². The minimum atomic E-state index is -0.866. The number of nitrogens with zero attached hydrogens (tertiary/aromatic N) is 1. The summed E-state index contributed by atoms with van der Waals surface area (Å²) in [6.45, 7) is 11.4. The van der Waals surface area contributed by atoms with Crippen molar-refractivity contribution >= 4 is 29.4 Å². The number of benzene rings is 1. The molecule has 1 rings (SSSR count). The molecule has 1 atom stereocenters. The third kappa shape index (κ3) is 19.2. The number of hydrogen-bond donors (Lipinski definition) is 2. The topological polar surface area (TPSA) is 120 Å². The number of amides is 1. The van der Waals surface area contributed by atoms with Crippen molar-refractivity contribution in [2.45, 2.75) is 38.2 Å². The molecule has 1 unspecified atom stereocenters. The fourth-order valence-corrected chi connectivity index (χ4v) is 3.78. The van der Waals surface area contributed by atoms with Crippen molar-refractivity contribution in [3.05, 3.63) is 29.8 Å². The number of hydrogen-bond acceptors (Lipinski definition) is 11. The summed E-state index contributed by atoms with van der Waals surface area (Å²) >= 11 is 2.57. The molecule has 0 fully saturated rings. The van der Waals surface area contributed by atoms with Crippen molar-refractivity contribution in [2.24, 2.45) is 0 Å². The van der Waals surface area contributed by atoms with Gasteiger partial charge in [-0.25, -0.2) is 0 Å². The van der Waals surface area contributed by atoms with Crippen LogP contribution in [-0.4, -0.2) is 102 Å². The van der Waals surface area contributed by atoms with Crippen molar-refractivity contribution in [2.75, 3.05) is 84.7 Å². The normalized spacial score (nSPS) is 12.7. The molecule has 39 heavy (non-hydrogen) atoms. The molecular formula is C27H45N3O7S2. The molecule has 1 amide bonds. The average molecular weight is 588 g/mol. The number of rotatable bonds is 25. The number of nitrogens with one attached hydrogen (secondary N) is 2. The van der Waals surface area contributed by atoms with Crippen LogP contribution in [0.4, 0.5) is 0 Å². The van der Waals surface area contributed by atoms with Crippen LogP contribution in [0.1, 0.15) is 37.6 Å². The van der Waals surface area contributed by atoms with E-state index in [-0.39, 0.29) is 12.5 Å². The van der Waals surface area contributed by atoms with Gasteiger partial charge in [0, 0.05) is 24.8 Å². The third-order valence-electron chi connectivity index (χ3n) is 4.99. The maximum absolute atomic E-state index is 12.5. The summed E-state index contributed by atoms with van der Waals surface area (Å²) in [5, 5.41) is 17.4. The number of carbonyl (C=O) groups is 1. The van der Waals surface area contributed by atoms with E-state index in [0.29, 0.717) is 76.1 Å². The van der Waals surface area contributed by atoms with Gasteiger partial charge in [-0.15, -0.1) is 11.8 Å². The first-order chi connectivity index (χ1) is 18.9. The van der Waals surface area contributed by atoms with Gasteiger partial charge in [-0.05, 0) is 56.1 Å². The Labute approximate surface area is 242 Å². The van der Waals surface area contributed by atoms with Gasteiger partial charge in [0.15, 0.2) is 4.93 Å². The summed E-state index contributed by atoms with van der Waals surface area (Å²) in [7, 11) is 0. The van der Waals surface area contributed by atoms with Crippen LogP contribution in [0.15, 0.2) is 24.3 Å². The second kappa shape index (κ2) is 23.2. The van der Waals surface area contributed by atoms with Crippen LogP contribution in [0.25, 0.3) is 0 Å². The monoisotopic (exact) mass is 587 g/mol. The highest BCUT2D eigenvalue weighted by Crippen LogP contribution is 2.27. The van der Waals surface area contributed by atoms with E-state index in [2.05, 4.69) is 29.9 Å². The molecule has 0 aliphatic rings. The molecule has 12 heteroatoms. The molecule has 0 bridgehead atoms. The molecule has 222 valence electrons. The minimum absolute atomic E-state index is 0.136. The van der Waals surface area contributed by atoms with Crippen LogP contribution >= 0.6 is 23.5 Å². The molecule has 0 aliphatic heterocycles. The van der Waals surface area contributed by atoms with E-state index >= 15 is 0 Å². The maximum atomic E-state index is 12.5. The standard InChI is InChI=1S/C27H45N3O7S2/c1-23(2)29-9-6-11-32-13-15-34-16-14-33-12-10-30-26(31)24-7-5-8-25(19-24)36-20-27(3,39-21-28)37-18-17-35-22-38-4/h5,7-8,19,23,29H,6,9-18,20,22H2,1-4H3,(H,30,31). The van der Waals surface area contributed by atoms with Crippen LogP contribution in [0.5, 0.6) is 5.75 Å². The molecule has 0 aromatic heterocycles. The van der Waals surface area contributed by atoms with Gasteiger partial charge >= 0.3 is 0 Å². The molecule has 0 spiro atoms. The van der Waals surface area contributed by atoms with E-state index in [4.69, 9.17) is 33.7 Å². The zero-order valence-corrected chi connectivity index (χ0v) is 25.3. The van der Waals surface area contributed by atoms with E-state index in [1.54, 1.807) is 43.0 Å². The Morgan fingerprint density at radius 1 is 1.00 bits per heavy atom. The molecule has 10 nitrogen and oxygen atoms in total. The predicted octanol–water partition coefficient (Wildman–Crippen LogP) is 3.52. The second-order valence-corrected chi connectivity index (χ2v) is 10.9. The fraction of sp³-hybridized carbons (Fsp3) is 0.704. The van der Waals surface area contributed by atoms with Crippen LogP contribution in [-0.2, 0) is 23.7 Å². The minimum Gasteiger partial charge on any atom is -0.490 e. The smallest absolute Gasteiger partial charge is 0.251 e. The Morgan fingerprint density at radius 2 is 1.69 bits per heavy atom. The first kappa shape index (κ1) is 35.5. The van der Waals surface area contributed by atoms with Crippen LogP contribution in [0.2, 0.25) is 0 Å². The zero-order chi connectivity index (χ0) is 28.6. The number of nitriles is 1. The molecule has 1 aromatic rings. The largest absolute Gasteiger partial charge is 0.490 e. The lowest BCUT2D eigenvalue weighted by Crippen LogP contribution is -2.33. The van der Waals surface area contributed by atoms with Crippen molar-refractivity contribution in [1.29, 1.82) is 5.26 Å². The molecule has 2 N–H and O–H groups in total. The highest BCUT2D eigenvalue weighted by atomic mass is 32.2. The quantitative estimate of drug-likeness (QED) is 0.0993. The summed E-state index contributed by atoms with van der Waals surface area (Å²) < 4.78 is 33.6. The zero-order valence-electron chi connectivity index (χ0n) is 23.7. The number of thiocyanates is 1. The summed E-state index contributed by atoms with van der Waals surface area (Å²) in [4.78, 5) is 11.6. The lowest BCUT2D eigenvalue weighted by molar-refractivity contribution is -0.0183. The van der Waals surface area contributed by atoms with Crippen molar-refractivity contribution in [1.82, 2.24) is 10.6 Å². The van der Waals surface area contributed by atoms with E-state index in [1.807, 2.05) is 6.26 Å². The Hall–Kier alpha value is -1.56. The van der Waals surface area contributed by atoms with Gasteiger partial charge in [0.2, 0.25) is 0 Å². The summed E-state index contributed by atoms with van der Waals surface area (Å²) in [6.07, 6.45) is 2.94. The van der Waals surface area contributed by atoms with E-state index in [1.165, 1.54) is 0 Å². The van der Waals surface area contributed by atoms with Crippen molar-refractivity contribution in [3.8, 4) is 11.2 Å². The van der Waals surface area contributed by atoms with E-state index in [0.717, 1.165) is 31.3 Å². The first-order valence-electron chi connectivity index (χ1n) is 13.2. The third-order valence-corrected chi connectivity index (χ3v) is 6.15. The van der Waals surface area contributed by atoms with Crippen LogP contribution < -0.4 is 15.4 Å². The maximum Gasteiger partial charge on any atom is 0.251 e. The summed E-state index contributed by atoms with van der Waals surface area (Å²) in [6, 6.07) is 7.37. The van der Waals surface area contributed by atoms with Crippen molar-refractivity contribution < 1.29 is 33.2 Å². The van der Waals surface area contributed by atoms with E-state index in [9.17, 15) is 4.79 Å². The lowest BCUT2D eigenvalue weighted by Gasteiger charge is -2.26. The fourth-order valence-electron chi connectivity index (χ4n) is 3.04. The molecule has 0 radical (unpaired) electrons. The molecule has 0 aliphatic carbocycles. The van der Waals surface area contributed by atoms with Crippen LogP contribution in [0.3, 0.4) is 0 Å². The SMILES string of the molecule is CSCOCCOC(C)(COc1cccc(C(=O)NCCOCCOCCOCCCNC(C)C)c1)SC#N. The Balaban J connectivity index is 2.20. The van der Waals surface area contributed by atoms with Crippen LogP contribution in [0, 0.1) is 10.7 Å².